The second kappa shape index (κ2) is 5.67. The van der Waals surface area contributed by atoms with Crippen molar-refractivity contribution >= 4 is 0 Å². The van der Waals surface area contributed by atoms with Crippen molar-refractivity contribution in [3.63, 3.8) is 0 Å². The van der Waals surface area contributed by atoms with E-state index >= 15 is 0 Å². The summed E-state index contributed by atoms with van der Waals surface area (Å²) in [5, 5.41) is 0. The molecule has 0 spiro atoms. The van der Waals surface area contributed by atoms with Gasteiger partial charge in [0.2, 0.25) is 0 Å². The molecule has 1 aliphatic rings. The monoisotopic (exact) mass is 227 g/mol. The number of ether oxygens (including phenoxy) is 2. The molecule has 1 unspecified atom stereocenters. The van der Waals surface area contributed by atoms with E-state index < -0.39 is 12.3 Å². The van der Waals surface area contributed by atoms with Gasteiger partial charge >= 0.3 is 6.18 Å². The molecule has 0 aliphatic carbocycles. The van der Waals surface area contributed by atoms with Crippen molar-refractivity contribution in [3.05, 3.63) is 0 Å². The smallest absolute Gasteiger partial charge is 0.381 e. The SMILES string of the molecule is NCCC(OC1CCOCC1)C(F)(F)F. The lowest BCUT2D eigenvalue weighted by atomic mass is 10.1. The van der Waals surface area contributed by atoms with Crippen LogP contribution in [0, 0.1) is 0 Å². The van der Waals surface area contributed by atoms with Crippen LogP contribution in [0.15, 0.2) is 0 Å². The van der Waals surface area contributed by atoms with Crippen LogP contribution in [0.4, 0.5) is 13.2 Å². The normalized spacial score (nSPS) is 21.6. The number of nitrogens with two attached hydrogens (primary N) is 1. The van der Waals surface area contributed by atoms with E-state index in [1.807, 2.05) is 0 Å². The van der Waals surface area contributed by atoms with E-state index in [9.17, 15) is 13.2 Å². The van der Waals surface area contributed by atoms with Gasteiger partial charge in [-0.3, -0.25) is 0 Å². The standard InChI is InChI=1S/C9H16F3NO2/c10-9(11,12)8(1-4-13)15-7-2-5-14-6-3-7/h7-8H,1-6,13H2. The largest absolute Gasteiger partial charge is 0.414 e. The van der Waals surface area contributed by atoms with Crippen molar-refractivity contribution in [2.75, 3.05) is 19.8 Å². The Morgan fingerprint density at radius 1 is 1.33 bits per heavy atom. The third kappa shape index (κ3) is 4.36. The second-order valence-electron chi connectivity index (χ2n) is 3.56. The highest BCUT2D eigenvalue weighted by molar-refractivity contribution is 4.72. The van der Waals surface area contributed by atoms with E-state index in [4.69, 9.17) is 15.2 Å². The highest BCUT2D eigenvalue weighted by atomic mass is 19.4. The van der Waals surface area contributed by atoms with Crippen LogP contribution in [0.3, 0.4) is 0 Å². The minimum atomic E-state index is -4.32. The van der Waals surface area contributed by atoms with Crippen LogP contribution in [0.2, 0.25) is 0 Å². The molecule has 0 aromatic carbocycles. The van der Waals surface area contributed by atoms with E-state index in [1.54, 1.807) is 0 Å². The molecular formula is C9H16F3NO2. The topological polar surface area (TPSA) is 44.5 Å². The summed E-state index contributed by atoms with van der Waals surface area (Å²) < 4.78 is 47.4. The van der Waals surface area contributed by atoms with Gasteiger partial charge in [0.1, 0.15) is 0 Å². The molecule has 90 valence electrons. The summed E-state index contributed by atoms with van der Waals surface area (Å²) in [7, 11) is 0. The van der Waals surface area contributed by atoms with Gasteiger partial charge in [-0.25, -0.2) is 0 Å². The predicted octanol–water partition coefficient (Wildman–Crippen LogP) is 1.46. The molecule has 2 N–H and O–H groups in total. The highest BCUT2D eigenvalue weighted by Crippen LogP contribution is 2.27. The molecule has 0 aromatic heterocycles. The summed E-state index contributed by atoms with van der Waals surface area (Å²) in [5.41, 5.74) is 5.13. The first-order valence-electron chi connectivity index (χ1n) is 5.04. The number of rotatable bonds is 4. The van der Waals surface area contributed by atoms with Crippen LogP contribution < -0.4 is 5.73 Å². The van der Waals surface area contributed by atoms with Crippen molar-refractivity contribution in [2.45, 2.75) is 37.6 Å². The van der Waals surface area contributed by atoms with Gasteiger partial charge in [0, 0.05) is 13.2 Å². The Balaban J connectivity index is 2.42. The second-order valence-corrected chi connectivity index (χ2v) is 3.56. The zero-order chi connectivity index (χ0) is 11.3. The maximum Gasteiger partial charge on any atom is 0.414 e. The van der Waals surface area contributed by atoms with Crippen LogP contribution in [0.5, 0.6) is 0 Å². The summed E-state index contributed by atoms with van der Waals surface area (Å²) in [4.78, 5) is 0. The van der Waals surface area contributed by atoms with E-state index in [0.29, 0.717) is 26.1 Å². The van der Waals surface area contributed by atoms with Gasteiger partial charge in [-0.2, -0.15) is 13.2 Å². The van der Waals surface area contributed by atoms with Crippen LogP contribution in [-0.4, -0.2) is 38.1 Å². The van der Waals surface area contributed by atoms with Gasteiger partial charge in [0.15, 0.2) is 6.10 Å². The zero-order valence-electron chi connectivity index (χ0n) is 8.43. The molecule has 6 heteroatoms. The minimum Gasteiger partial charge on any atom is -0.381 e. The molecule has 3 nitrogen and oxygen atoms in total. The molecule has 0 amide bonds. The van der Waals surface area contributed by atoms with Crippen LogP contribution in [0.1, 0.15) is 19.3 Å². The van der Waals surface area contributed by atoms with Crippen molar-refractivity contribution in [1.29, 1.82) is 0 Å². The molecule has 1 fully saturated rings. The van der Waals surface area contributed by atoms with Gasteiger partial charge < -0.3 is 15.2 Å². The van der Waals surface area contributed by atoms with Crippen molar-refractivity contribution in [2.24, 2.45) is 5.73 Å². The molecule has 1 heterocycles. The first kappa shape index (κ1) is 12.7. The minimum absolute atomic E-state index is 0.0204. The Morgan fingerprint density at radius 2 is 1.93 bits per heavy atom. The zero-order valence-corrected chi connectivity index (χ0v) is 8.43. The summed E-state index contributed by atoms with van der Waals surface area (Å²) in [6, 6.07) is 0. The van der Waals surface area contributed by atoms with Crippen molar-refractivity contribution in [1.82, 2.24) is 0 Å². The molecule has 0 radical (unpaired) electrons. The molecule has 0 aromatic rings. The highest BCUT2D eigenvalue weighted by Gasteiger charge is 2.41. The number of hydrogen-bond acceptors (Lipinski definition) is 3. The molecule has 0 saturated carbocycles. The lowest BCUT2D eigenvalue weighted by Crippen LogP contribution is -2.38. The third-order valence-electron chi connectivity index (χ3n) is 2.32. The Bertz CT molecular complexity index is 181. The molecule has 1 saturated heterocycles. The average molecular weight is 227 g/mol. The fourth-order valence-electron chi connectivity index (χ4n) is 1.50. The predicted molar refractivity (Wildman–Crippen MR) is 48.4 cm³/mol. The molecule has 0 bridgehead atoms. The summed E-state index contributed by atoms with van der Waals surface area (Å²) >= 11 is 0. The molecule has 1 rings (SSSR count). The fourth-order valence-corrected chi connectivity index (χ4v) is 1.50. The van der Waals surface area contributed by atoms with E-state index in [1.165, 1.54) is 0 Å². The first-order chi connectivity index (χ1) is 7.04. The van der Waals surface area contributed by atoms with Crippen molar-refractivity contribution in [3.8, 4) is 0 Å². The average Bonchev–Trinajstić information content (AvgIpc) is 2.17. The number of halogens is 3. The van der Waals surface area contributed by atoms with Gasteiger partial charge in [-0.1, -0.05) is 0 Å². The summed E-state index contributed by atoms with van der Waals surface area (Å²) in [6.45, 7) is 0.920. The van der Waals surface area contributed by atoms with E-state index in [0.717, 1.165) is 0 Å². The summed E-state index contributed by atoms with van der Waals surface area (Å²) in [5.74, 6) is 0. The van der Waals surface area contributed by atoms with Gasteiger partial charge in [0.05, 0.1) is 6.10 Å². The van der Waals surface area contributed by atoms with Crippen LogP contribution in [-0.2, 0) is 9.47 Å². The van der Waals surface area contributed by atoms with Gasteiger partial charge in [-0.05, 0) is 25.8 Å². The number of hydrogen-bond donors (Lipinski definition) is 1. The van der Waals surface area contributed by atoms with Gasteiger partial charge in [0.25, 0.3) is 0 Å². The lowest BCUT2D eigenvalue weighted by molar-refractivity contribution is -0.239. The quantitative estimate of drug-likeness (QED) is 0.790. The Hall–Kier alpha value is -0.330. The maximum atomic E-state index is 12.5. The Kier molecular flexibility index (Phi) is 4.82. The molecule has 1 atom stereocenters. The van der Waals surface area contributed by atoms with E-state index in [2.05, 4.69) is 0 Å². The Labute approximate surface area is 86.7 Å². The first-order valence-corrected chi connectivity index (χ1v) is 5.04. The Morgan fingerprint density at radius 3 is 2.40 bits per heavy atom. The fraction of sp³-hybridized carbons (Fsp3) is 1.00. The third-order valence-corrected chi connectivity index (χ3v) is 2.32. The maximum absolute atomic E-state index is 12.5. The molecule has 15 heavy (non-hydrogen) atoms. The van der Waals surface area contributed by atoms with Gasteiger partial charge in [-0.15, -0.1) is 0 Å². The number of alkyl halides is 3. The summed E-state index contributed by atoms with van der Waals surface area (Å²) in [6.07, 6.45) is -5.53. The van der Waals surface area contributed by atoms with E-state index in [-0.39, 0.29) is 19.1 Å². The molecule has 1 aliphatic heterocycles. The lowest BCUT2D eigenvalue weighted by Gasteiger charge is -2.28. The van der Waals surface area contributed by atoms with Crippen LogP contribution >= 0.6 is 0 Å². The van der Waals surface area contributed by atoms with Crippen LogP contribution in [0.25, 0.3) is 0 Å². The van der Waals surface area contributed by atoms with Crippen molar-refractivity contribution < 1.29 is 22.6 Å². The molecular weight excluding hydrogens is 211 g/mol.